The molecule has 0 spiro atoms. The van der Waals surface area contributed by atoms with E-state index in [2.05, 4.69) is 10.1 Å². The van der Waals surface area contributed by atoms with E-state index in [1.807, 2.05) is 0 Å². The van der Waals surface area contributed by atoms with Crippen LogP contribution in [-0.4, -0.2) is 6.36 Å². The Balaban J connectivity index is 2.20. The number of alkyl halides is 3. The van der Waals surface area contributed by atoms with Crippen LogP contribution in [-0.2, 0) is 0 Å². The second kappa shape index (κ2) is 5.28. The van der Waals surface area contributed by atoms with Crippen LogP contribution in [0.25, 0.3) is 0 Å². The van der Waals surface area contributed by atoms with Gasteiger partial charge in [-0.1, -0.05) is 0 Å². The number of nitrogens with two attached hydrogens (primary N) is 1. The van der Waals surface area contributed by atoms with E-state index in [0.29, 0.717) is 11.4 Å². The quantitative estimate of drug-likeness (QED) is 0.661. The fourth-order valence-electron chi connectivity index (χ4n) is 1.53. The minimum atomic E-state index is -4.82. The highest BCUT2D eigenvalue weighted by Gasteiger charge is 2.32. The van der Waals surface area contributed by atoms with Gasteiger partial charge in [0, 0.05) is 17.4 Å². The van der Waals surface area contributed by atoms with Crippen LogP contribution in [0.1, 0.15) is 0 Å². The van der Waals surface area contributed by atoms with Crippen molar-refractivity contribution in [3.8, 4) is 5.75 Å². The summed E-state index contributed by atoms with van der Waals surface area (Å²) in [5.41, 5.74) is 6.14. The lowest BCUT2D eigenvalue weighted by atomic mass is 10.2. The molecular weight excluding hydrogens is 276 g/mol. The number of hydrogen-bond acceptors (Lipinski definition) is 3. The molecule has 0 atom stereocenters. The Hall–Kier alpha value is -2.44. The summed E-state index contributed by atoms with van der Waals surface area (Å²) in [4.78, 5) is 0. The third-order valence-electron chi connectivity index (χ3n) is 2.37. The molecule has 3 N–H and O–H groups in total. The highest BCUT2D eigenvalue weighted by atomic mass is 19.4. The van der Waals surface area contributed by atoms with Crippen molar-refractivity contribution in [2.75, 3.05) is 11.1 Å². The first-order chi connectivity index (χ1) is 9.33. The zero-order valence-corrected chi connectivity index (χ0v) is 10.0. The van der Waals surface area contributed by atoms with Crippen LogP contribution in [0.5, 0.6) is 5.75 Å². The van der Waals surface area contributed by atoms with Crippen molar-refractivity contribution in [2.45, 2.75) is 6.36 Å². The van der Waals surface area contributed by atoms with Crippen molar-refractivity contribution in [3.05, 3.63) is 48.3 Å². The molecule has 0 aliphatic carbocycles. The first-order valence-corrected chi connectivity index (χ1v) is 5.51. The second-order valence-electron chi connectivity index (χ2n) is 3.93. The summed E-state index contributed by atoms with van der Waals surface area (Å²) in [6, 6.07) is 9.26. The predicted octanol–water partition coefficient (Wildman–Crippen LogP) is 4.05. The van der Waals surface area contributed by atoms with Crippen LogP contribution in [0.15, 0.2) is 42.5 Å². The lowest BCUT2D eigenvalue weighted by molar-refractivity contribution is -0.274. The van der Waals surface area contributed by atoms with Crippen molar-refractivity contribution in [2.24, 2.45) is 0 Å². The van der Waals surface area contributed by atoms with Crippen molar-refractivity contribution in [1.29, 1.82) is 0 Å². The minimum absolute atomic E-state index is 0.132. The third-order valence-corrected chi connectivity index (χ3v) is 2.37. The Bertz CT molecular complexity index is 596. The lowest BCUT2D eigenvalue weighted by Gasteiger charge is -2.13. The van der Waals surface area contributed by atoms with Crippen LogP contribution in [0.2, 0.25) is 0 Å². The summed E-state index contributed by atoms with van der Waals surface area (Å²) in [6.07, 6.45) is -4.82. The highest BCUT2D eigenvalue weighted by Crippen LogP contribution is 2.31. The van der Waals surface area contributed by atoms with Crippen molar-refractivity contribution >= 4 is 17.1 Å². The van der Waals surface area contributed by atoms with Crippen molar-refractivity contribution < 1.29 is 22.3 Å². The summed E-state index contributed by atoms with van der Waals surface area (Å²) in [5, 5.41) is 2.81. The van der Waals surface area contributed by atoms with Crippen LogP contribution in [0.4, 0.5) is 34.6 Å². The molecule has 0 fully saturated rings. The zero-order chi connectivity index (χ0) is 14.8. The number of nitrogens with one attached hydrogen (secondary N) is 1. The summed E-state index contributed by atoms with van der Waals surface area (Å²) in [6.45, 7) is 0. The normalized spacial score (nSPS) is 11.2. The Kier molecular flexibility index (Phi) is 3.69. The molecule has 0 unspecified atom stereocenters. The fraction of sp³-hybridized carbons (Fsp3) is 0.0769. The first kappa shape index (κ1) is 14.0. The fourth-order valence-corrected chi connectivity index (χ4v) is 1.53. The topological polar surface area (TPSA) is 47.3 Å². The monoisotopic (exact) mass is 286 g/mol. The van der Waals surface area contributed by atoms with E-state index in [4.69, 9.17) is 5.73 Å². The van der Waals surface area contributed by atoms with Gasteiger partial charge in [0.25, 0.3) is 0 Å². The van der Waals surface area contributed by atoms with E-state index in [0.717, 1.165) is 6.07 Å². The van der Waals surface area contributed by atoms with E-state index in [-0.39, 0.29) is 5.69 Å². The number of nitrogen functional groups attached to an aromatic ring is 1. The van der Waals surface area contributed by atoms with Crippen LogP contribution >= 0.6 is 0 Å². The maximum atomic E-state index is 12.7. The number of anilines is 3. The SMILES string of the molecule is Nc1ccc(Nc2ccc(F)cc2)cc1OC(F)(F)F. The molecule has 2 aromatic rings. The Labute approximate surface area is 112 Å². The van der Waals surface area contributed by atoms with Gasteiger partial charge in [-0.3, -0.25) is 0 Å². The van der Waals surface area contributed by atoms with E-state index in [1.165, 1.54) is 36.4 Å². The highest BCUT2D eigenvalue weighted by molar-refractivity contribution is 5.66. The second-order valence-corrected chi connectivity index (χ2v) is 3.93. The molecule has 0 bridgehead atoms. The Morgan fingerprint density at radius 3 is 2.15 bits per heavy atom. The molecule has 2 rings (SSSR count). The smallest absolute Gasteiger partial charge is 0.404 e. The van der Waals surface area contributed by atoms with Crippen molar-refractivity contribution in [1.82, 2.24) is 0 Å². The predicted molar refractivity (Wildman–Crippen MR) is 67.2 cm³/mol. The number of halogens is 4. The summed E-state index contributed by atoms with van der Waals surface area (Å²) in [5.74, 6) is -0.904. The minimum Gasteiger partial charge on any atom is -0.404 e. The maximum absolute atomic E-state index is 12.7. The molecule has 0 aliphatic heterocycles. The summed E-state index contributed by atoms with van der Waals surface area (Å²) >= 11 is 0. The van der Waals surface area contributed by atoms with Gasteiger partial charge in [0.1, 0.15) is 5.82 Å². The largest absolute Gasteiger partial charge is 0.573 e. The van der Waals surface area contributed by atoms with Gasteiger partial charge >= 0.3 is 6.36 Å². The van der Waals surface area contributed by atoms with E-state index in [1.54, 1.807) is 0 Å². The van der Waals surface area contributed by atoms with E-state index in [9.17, 15) is 17.6 Å². The van der Waals surface area contributed by atoms with Gasteiger partial charge in [0.15, 0.2) is 5.75 Å². The van der Waals surface area contributed by atoms with Gasteiger partial charge in [-0.15, -0.1) is 13.2 Å². The average Bonchev–Trinajstić information content (AvgIpc) is 2.34. The average molecular weight is 286 g/mol. The molecule has 0 radical (unpaired) electrons. The molecular formula is C13H10F4N2O. The molecule has 20 heavy (non-hydrogen) atoms. The standard InChI is InChI=1S/C13H10F4N2O/c14-8-1-3-9(4-2-8)19-10-5-6-11(18)12(7-10)20-13(15,16)17/h1-7,19H,18H2. The lowest BCUT2D eigenvalue weighted by Crippen LogP contribution is -2.18. The molecule has 3 nitrogen and oxygen atoms in total. The number of benzene rings is 2. The van der Waals surface area contributed by atoms with Crippen LogP contribution < -0.4 is 15.8 Å². The Morgan fingerprint density at radius 1 is 0.950 bits per heavy atom. The molecule has 106 valence electrons. The van der Waals surface area contributed by atoms with E-state index >= 15 is 0 Å². The van der Waals surface area contributed by atoms with Crippen molar-refractivity contribution in [3.63, 3.8) is 0 Å². The number of ether oxygens (including phenoxy) is 1. The van der Waals surface area contributed by atoms with Gasteiger partial charge in [0.05, 0.1) is 5.69 Å². The van der Waals surface area contributed by atoms with Gasteiger partial charge < -0.3 is 15.8 Å². The Morgan fingerprint density at radius 2 is 1.55 bits per heavy atom. The van der Waals surface area contributed by atoms with Gasteiger partial charge in [-0.2, -0.15) is 0 Å². The third kappa shape index (κ3) is 3.78. The summed E-state index contributed by atoms with van der Waals surface area (Å²) in [7, 11) is 0. The molecule has 7 heteroatoms. The molecule has 0 saturated heterocycles. The van der Waals surface area contributed by atoms with Gasteiger partial charge in [0.2, 0.25) is 0 Å². The molecule has 0 aromatic heterocycles. The molecule has 0 saturated carbocycles. The van der Waals surface area contributed by atoms with Gasteiger partial charge in [-0.05, 0) is 36.4 Å². The molecule has 2 aromatic carbocycles. The van der Waals surface area contributed by atoms with Crippen LogP contribution in [0.3, 0.4) is 0 Å². The van der Waals surface area contributed by atoms with Gasteiger partial charge in [-0.25, -0.2) is 4.39 Å². The number of hydrogen-bond donors (Lipinski definition) is 2. The molecule has 0 amide bonds. The molecule has 0 heterocycles. The summed E-state index contributed by atoms with van der Waals surface area (Å²) < 4.78 is 53.1. The zero-order valence-electron chi connectivity index (χ0n) is 10.0. The maximum Gasteiger partial charge on any atom is 0.573 e. The number of rotatable bonds is 3. The van der Waals surface area contributed by atoms with Crippen LogP contribution in [0, 0.1) is 5.82 Å². The van der Waals surface area contributed by atoms with E-state index < -0.39 is 17.9 Å². The molecule has 0 aliphatic rings. The first-order valence-electron chi connectivity index (χ1n) is 5.51.